The second-order valence-electron chi connectivity index (χ2n) is 9.98. The predicted molar refractivity (Wildman–Crippen MR) is 139 cm³/mol. The molecule has 0 radical (unpaired) electrons. The Labute approximate surface area is 224 Å². The monoisotopic (exact) mass is 548 g/mol. The molecule has 1 aliphatic rings. The second-order valence-corrected chi connectivity index (χ2v) is 9.98. The molecule has 7 nitrogen and oxygen atoms in total. The molecule has 0 aliphatic carbocycles. The van der Waals surface area contributed by atoms with Crippen molar-refractivity contribution in [1.29, 1.82) is 0 Å². The number of aryl methyl sites for hydroxylation is 1. The van der Waals surface area contributed by atoms with Crippen molar-refractivity contribution < 1.29 is 32.3 Å². The number of anilines is 1. The standard InChI is InChI=1S/C28H32F4N4O3/c1-17-16-34-24-4-3-19(39-2)15-20(24)25(17)21(30)5-6-28(27(37)35-38)7-10-36(11-8-28)12-9-33-26-22(31)13-18(29)14-23(26)32/h3-4,13-16,21,33,38H,5-12H2,1-2H3,(H,35,37)/t21-/m1/s1. The lowest BCUT2D eigenvalue weighted by molar-refractivity contribution is -0.143. The number of piperidine rings is 1. The van der Waals surface area contributed by atoms with E-state index < -0.39 is 40.6 Å². The summed E-state index contributed by atoms with van der Waals surface area (Å²) in [7, 11) is 1.54. The van der Waals surface area contributed by atoms with Gasteiger partial charge in [0.15, 0.2) is 11.6 Å². The molecule has 0 spiro atoms. The first-order valence-electron chi connectivity index (χ1n) is 12.8. The van der Waals surface area contributed by atoms with Gasteiger partial charge in [-0.3, -0.25) is 15.0 Å². The van der Waals surface area contributed by atoms with Crippen LogP contribution in [0.3, 0.4) is 0 Å². The molecule has 2 heterocycles. The van der Waals surface area contributed by atoms with Crippen molar-refractivity contribution in [2.75, 3.05) is 38.6 Å². The minimum Gasteiger partial charge on any atom is -0.497 e. The maximum atomic E-state index is 15.8. The zero-order valence-electron chi connectivity index (χ0n) is 21.9. The highest BCUT2D eigenvalue weighted by atomic mass is 19.1. The molecule has 4 rings (SSSR count). The molecule has 0 bridgehead atoms. The molecule has 11 heteroatoms. The molecule has 0 saturated carbocycles. The van der Waals surface area contributed by atoms with E-state index in [-0.39, 0.29) is 19.4 Å². The van der Waals surface area contributed by atoms with Crippen LogP contribution in [0.1, 0.15) is 43.0 Å². The van der Waals surface area contributed by atoms with E-state index in [0.717, 1.165) is 0 Å². The van der Waals surface area contributed by atoms with Crippen LogP contribution in [0, 0.1) is 29.8 Å². The number of methoxy groups -OCH3 is 1. The zero-order valence-corrected chi connectivity index (χ0v) is 21.9. The number of hydroxylamine groups is 1. The van der Waals surface area contributed by atoms with Crippen molar-refractivity contribution in [3.8, 4) is 5.75 Å². The fraction of sp³-hybridized carbons (Fsp3) is 0.429. The molecule has 3 N–H and O–H groups in total. The highest BCUT2D eigenvalue weighted by Crippen LogP contribution is 2.41. The summed E-state index contributed by atoms with van der Waals surface area (Å²) in [5.41, 5.74) is 2.24. The number of hydrogen-bond donors (Lipinski definition) is 3. The van der Waals surface area contributed by atoms with Gasteiger partial charge < -0.3 is 15.0 Å². The van der Waals surface area contributed by atoms with Crippen LogP contribution in [0.5, 0.6) is 5.75 Å². The van der Waals surface area contributed by atoms with E-state index in [9.17, 15) is 23.2 Å². The van der Waals surface area contributed by atoms with Crippen LogP contribution < -0.4 is 15.5 Å². The third-order valence-electron chi connectivity index (χ3n) is 7.64. The summed E-state index contributed by atoms with van der Waals surface area (Å²) in [5, 5.41) is 12.8. The van der Waals surface area contributed by atoms with Gasteiger partial charge in [0.1, 0.15) is 23.4 Å². The highest BCUT2D eigenvalue weighted by molar-refractivity contribution is 5.85. The number of halogens is 4. The van der Waals surface area contributed by atoms with Crippen LogP contribution in [-0.2, 0) is 4.79 Å². The second kappa shape index (κ2) is 12.2. The summed E-state index contributed by atoms with van der Waals surface area (Å²) in [5.74, 6) is -2.98. The Morgan fingerprint density at radius 1 is 1.18 bits per heavy atom. The number of alkyl halides is 1. The molecule has 1 aromatic heterocycles. The summed E-state index contributed by atoms with van der Waals surface area (Å²) in [6.07, 6.45) is 1.28. The van der Waals surface area contributed by atoms with E-state index in [1.54, 1.807) is 36.8 Å². The first kappa shape index (κ1) is 28.6. The quantitative estimate of drug-likeness (QED) is 0.177. The maximum absolute atomic E-state index is 15.8. The van der Waals surface area contributed by atoms with E-state index in [1.807, 2.05) is 4.90 Å². The van der Waals surface area contributed by atoms with Crippen molar-refractivity contribution in [1.82, 2.24) is 15.4 Å². The summed E-state index contributed by atoms with van der Waals surface area (Å²) < 4.78 is 61.9. The Morgan fingerprint density at radius 2 is 1.87 bits per heavy atom. The SMILES string of the molecule is COc1ccc2ncc(C)c([C@H](F)CCC3(C(=O)NO)CCN(CCNc4c(F)cc(F)cc4F)CC3)c2c1. The lowest BCUT2D eigenvalue weighted by Crippen LogP contribution is -2.49. The number of nitrogens with zero attached hydrogens (tertiary/aromatic N) is 2. The van der Waals surface area contributed by atoms with Gasteiger partial charge in [0.05, 0.1) is 18.0 Å². The molecule has 1 atom stereocenters. The fourth-order valence-corrected chi connectivity index (χ4v) is 5.35. The Kier molecular flexibility index (Phi) is 8.91. The van der Waals surface area contributed by atoms with Crippen molar-refractivity contribution in [3.63, 3.8) is 0 Å². The van der Waals surface area contributed by atoms with Gasteiger partial charge in [-0.25, -0.2) is 23.0 Å². The van der Waals surface area contributed by atoms with Gasteiger partial charge in [-0.05, 0) is 75.0 Å². The molecule has 1 aliphatic heterocycles. The Hall–Kier alpha value is -3.44. The summed E-state index contributed by atoms with van der Waals surface area (Å²) >= 11 is 0. The zero-order chi connectivity index (χ0) is 28.2. The number of hydrogen-bond acceptors (Lipinski definition) is 6. The number of carbonyl (C=O) groups excluding carboxylic acids is 1. The van der Waals surface area contributed by atoms with Gasteiger partial charge in [0.2, 0.25) is 5.91 Å². The number of rotatable bonds is 10. The van der Waals surface area contributed by atoms with Crippen molar-refractivity contribution in [2.45, 2.75) is 38.8 Å². The third-order valence-corrected chi connectivity index (χ3v) is 7.64. The molecular formula is C28H32F4N4O3. The fourth-order valence-electron chi connectivity index (χ4n) is 5.35. The van der Waals surface area contributed by atoms with Crippen molar-refractivity contribution >= 4 is 22.5 Å². The van der Waals surface area contributed by atoms with E-state index in [0.29, 0.717) is 72.4 Å². The molecule has 1 saturated heterocycles. The van der Waals surface area contributed by atoms with Crippen LogP contribution >= 0.6 is 0 Å². The lowest BCUT2D eigenvalue weighted by Gasteiger charge is -2.40. The van der Waals surface area contributed by atoms with Gasteiger partial charge >= 0.3 is 0 Å². The smallest absolute Gasteiger partial charge is 0.249 e. The van der Waals surface area contributed by atoms with Crippen LogP contribution in [0.25, 0.3) is 10.9 Å². The number of amides is 1. The number of likely N-dealkylation sites (tertiary alicyclic amines) is 1. The number of aromatic nitrogens is 1. The minimum atomic E-state index is -1.37. The summed E-state index contributed by atoms with van der Waals surface area (Å²) in [6.45, 7) is 3.34. The van der Waals surface area contributed by atoms with Crippen LogP contribution in [-0.4, -0.2) is 54.3 Å². The van der Waals surface area contributed by atoms with Gasteiger partial charge in [-0.15, -0.1) is 0 Å². The highest BCUT2D eigenvalue weighted by Gasteiger charge is 2.41. The minimum absolute atomic E-state index is 0.0647. The summed E-state index contributed by atoms with van der Waals surface area (Å²) in [6, 6.07) is 6.51. The third kappa shape index (κ3) is 6.25. The molecule has 210 valence electrons. The van der Waals surface area contributed by atoms with Gasteiger partial charge in [-0.2, -0.15) is 0 Å². The van der Waals surface area contributed by atoms with E-state index in [1.165, 1.54) is 7.11 Å². The van der Waals surface area contributed by atoms with E-state index in [2.05, 4.69) is 10.3 Å². The maximum Gasteiger partial charge on any atom is 0.249 e. The molecule has 2 aromatic carbocycles. The Bertz CT molecular complexity index is 1310. The Balaban J connectivity index is 1.40. The number of nitrogens with one attached hydrogen (secondary N) is 2. The van der Waals surface area contributed by atoms with Crippen LogP contribution in [0.4, 0.5) is 23.2 Å². The predicted octanol–water partition coefficient (Wildman–Crippen LogP) is 5.46. The van der Waals surface area contributed by atoms with Gasteiger partial charge in [0, 0.05) is 36.8 Å². The van der Waals surface area contributed by atoms with Crippen LogP contribution in [0.2, 0.25) is 0 Å². The Morgan fingerprint density at radius 3 is 2.51 bits per heavy atom. The van der Waals surface area contributed by atoms with E-state index >= 15 is 4.39 Å². The normalized spacial score (nSPS) is 16.2. The number of fused-ring (bicyclic) bond motifs is 1. The first-order chi connectivity index (χ1) is 18.7. The average molecular weight is 549 g/mol. The van der Waals surface area contributed by atoms with Gasteiger partial charge in [-0.1, -0.05) is 0 Å². The summed E-state index contributed by atoms with van der Waals surface area (Å²) in [4.78, 5) is 19.1. The lowest BCUT2D eigenvalue weighted by atomic mass is 9.73. The van der Waals surface area contributed by atoms with Gasteiger partial charge in [0.25, 0.3) is 0 Å². The molecule has 1 amide bonds. The molecular weight excluding hydrogens is 516 g/mol. The number of pyridine rings is 1. The van der Waals surface area contributed by atoms with Crippen molar-refractivity contribution in [2.24, 2.45) is 5.41 Å². The number of ether oxygens (including phenoxy) is 1. The largest absolute Gasteiger partial charge is 0.497 e. The molecule has 1 fully saturated rings. The average Bonchev–Trinajstić information content (AvgIpc) is 2.93. The first-order valence-corrected chi connectivity index (χ1v) is 12.8. The molecule has 39 heavy (non-hydrogen) atoms. The van der Waals surface area contributed by atoms with Crippen molar-refractivity contribution in [3.05, 3.63) is 65.1 Å². The van der Waals surface area contributed by atoms with E-state index in [4.69, 9.17) is 4.74 Å². The topological polar surface area (TPSA) is 86.7 Å². The molecule has 0 unspecified atom stereocenters. The van der Waals surface area contributed by atoms with Crippen LogP contribution in [0.15, 0.2) is 36.5 Å². The number of benzene rings is 2. The number of carbonyl (C=O) groups is 1. The molecule has 3 aromatic rings.